The smallest absolute Gasteiger partial charge is 0.220 e. The molecule has 0 bridgehead atoms. The van der Waals surface area contributed by atoms with E-state index < -0.39 is 197 Å². The van der Waals surface area contributed by atoms with Gasteiger partial charge in [0.15, 0.2) is 35.7 Å². The number of hydrogen-bond donors (Lipinski definition) is 12. The Morgan fingerprint density at radius 3 is 1.44 bits per heavy atom. The molecule has 4 aromatic carbocycles. The molecule has 2 aliphatic heterocycles. The molecule has 0 aromatic heterocycles. The second-order valence-corrected chi connectivity index (χ2v) is 22.4. The second kappa shape index (κ2) is 24.3. The predicted octanol–water partition coefficient (Wildman–Crippen LogP) is 0.919. The van der Waals surface area contributed by atoms with Gasteiger partial charge in [0.1, 0.15) is 70.8 Å². The number of aromatic hydroxyl groups is 4. The van der Waals surface area contributed by atoms with Crippen LogP contribution < -0.4 is 20.5 Å². The number of hydrogen-bond acceptors (Lipinski definition) is 25. The van der Waals surface area contributed by atoms with Gasteiger partial charge in [-0.2, -0.15) is 0 Å². The van der Waals surface area contributed by atoms with Gasteiger partial charge in [0.2, 0.25) is 17.5 Å². The Kier molecular flexibility index (Phi) is 17.8. The lowest BCUT2D eigenvalue weighted by molar-refractivity contribution is -0.249. The van der Waals surface area contributed by atoms with Crippen LogP contribution in [0, 0.1) is 0 Å². The first kappa shape index (κ1) is 62.9. The zero-order valence-electron chi connectivity index (χ0n) is 47.3. The van der Waals surface area contributed by atoms with E-state index in [-0.39, 0.29) is 87.5 Å². The Bertz CT molecular complexity index is 3480. The van der Waals surface area contributed by atoms with E-state index >= 15 is 0 Å². The molecule has 26 heteroatoms. The molecule has 1 amide bonds. The van der Waals surface area contributed by atoms with E-state index in [1.54, 1.807) is 6.92 Å². The van der Waals surface area contributed by atoms with Crippen molar-refractivity contribution in [1.82, 2.24) is 5.32 Å². The third kappa shape index (κ3) is 11.0. The molecule has 2 heterocycles. The van der Waals surface area contributed by atoms with Crippen LogP contribution >= 0.6 is 0 Å². The van der Waals surface area contributed by atoms with Gasteiger partial charge in [-0.3, -0.25) is 33.6 Å². The summed E-state index contributed by atoms with van der Waals surface area (Å²) in [5.74, 6) is -8.29. The zero-order chi connectivity index (χ0) is 62.8. The minimum Gasteiger partial charge on any atom is -0.507 e. The SMILES string of the molecule is COc1cccc2c1C(=O)c1c(O)c3c(c(O)c1C2=O)C[C@@](O)(C(=O)CO)C[C@@H]3OC1CC(N)C(O)C(C)O1.COc1cccc2c1C(=O)c1c(O)c3c(c(O)c1C2=O)C[C@@](O)(C(=O)CO)C[C@@H]3OC1CC(NC(=O)CCCC(C)=O)C(O)C(C)O1. The Hall–Kier alpha value is -7.60. The van der Waals surface area contributed by atoms with Crippen molar-refractivity contribution in [3.63, 3.8) is 0 Å². The number of aliphatic hydroxyl groups is 6. The van der Waals surface area contributed by atoms with Crippen molar-refractivity contribution < 1.29 is 118 Å². The Balaban J connectivity index is 0.000000209. The fourth-order valence-corrected chi connectivity index (χ4v) is 12.4. The number of phenolic OH excluding ortho intramolecular Hbond substituents is 4. The quantitative estimate of drug-likeness (QED) is 0.0636. The Morgan fingerprint density at radius 2 is 1.03 bits per heavy atom. The van der Waals surface area contributed by atoms with Gasteiger partial charge in [0.25, 0.3) is 0 Å². The van der Waals surface area contributed by atoms with Gasteiger partial charge >= 0.3 is 0 Å². The van der Waals surface area contributed by atoms with Crippen LogP contribution in [0.2, 0.25) is 0 Å². The van der Waals surface area contributed by atoms with Crippen molar-refractivity contribution in [2.75, 3.05) is 27.4 Å². The number of rotatable bonds is 15. The standard InChI is InChI=1S/C33H37NO13.C27H29NO11/c1-14(36)6-4-9-22(38)34-18-10-23(46-15(2)28(18)39)47-20-12-33(44,21(37)13-35)11-17-25(20)32(43)27-26(30(17)41)29(40)16-7-5-8-19(45-3)24(16)31(27)42;1-10-22(31)13(28)6-17(38-10)39-15-8-27(36,16(30)9-29)7-12-19(15)26(35)21-20(24(12)33)23(32)11-4-3-5-14(37-2)18(11)25(21)34/h5,7-8,15,18,20,23,28,35,39,41,43-44H,4,6,9-13H2,1-3H3,(H,34,38);3-5,10,13,15,17,22,29,31,33,35-36H,6-9,28H2,1-2H3/t15?,18?,20-,23?,28?,33-;10?,13?,15-,17?,22?,27-/m00/s1. The number of Topliss-reactive ketones (excluding diaryl/α,β-unsaturated/α-hetero) is 3. The number of carbonyl (C=O) groups is 8. The molecule has 4 aliphatic carbocycles. The highest BCUT2D eigenvalue weighted by molar-refractivity contribution is 6.32. The fraction of sp³-hybridized carbons (Fsp3) is 0.467. The molecule has 0 spiro atoms. The topological polar surface area (TPSA) is 432 Å². The Morgan fingerprint density at radius 1 is 0.616 bits per heavy atom. The fourth-order valence-electron chi connectivity index (χ4n) is 12.4. The Labute approximate surface area is 490 Å². The van der Waals surface area contributed by atoms with Crippen molar-refractivity contribution in [2.24, 2.45) is 5.73 Å². The normalized spacial score (nSPS) is 28.0. The van der Waals surface area contributed by atoms with Crippen molar-refractivity contribution in [3.8, 4) is 34.5 Å². The largest absolute Gasteiger partial charge is 0.507 e. The molecule has 0 radical (unpaired) electrons. The van der Waals surface area contributed by atoms with E-state index in [4.69, 9.17) is 34.2 Å². The van der Waals surface area contributed by atoms with Crippen molar-refractivity contribution >= 4 is 46.4 Å². The summed E-state index contributed by atoms with van der Waals surface area (Å²) in [6, 6.07) is 7.07. The number of nitrogens with one attached hydrogen (secondary N) is 1. The molecule has 10 rings (SSSR count). The maximum absolute atomic E-state index is 13.8. The minimum absolute atomic E-state index is 0.0173. The number of fused-ring (bicyclic) bond motifs is 6. The average Bonchev–Trinajstić information content (AvgIpc) is 0.738. The number of ketones is 7. The molecule has 2 fully saturated rings. The summed E-state index contributed by atoms with van der Waals surface area (Å²) in [5.41, 5.74) is -1.61. The molecule has 8 unspecified atom stereocenters. The van der Waals surface area contributed by atoms with Crippen molar-refractivity contribution in [1.29, 1.82) is 0 Å². The highest BCUT2D eigenvalue weighted by Crippen LogP contribution is 2.55. The number of nitrogens with two attached hydrogens (primary N) is 1. The van der Waals surface area contributed by atoms with Crippen LogP contribution in [0.3, 0.4) is 0 Å². The molecule has 12 atom stereocenters. The summed E-state index contributed by atoms with van der Waals surface area (Å²) in [6.07, 6.45) is -10.5. The first-order valence-corrected chi connectivity index (χ1v) is 27.6. The van der Waals surface area contributed by atoms with Gasteiger partial charge in [0.05, 0.1) is 84.2 Å². The second-order valence-electron chi connectivity index (χ2n) is 22.4. The summed E-state index contributed by atoms with van der Waals surface area (Å²) in [5, 5.41) is 111. The molecule has 6 aliphatic rings. The van der Waals surface area contributed by atoms with Crippen LogP contribution in [0.4, 0.5) is 0 Å². The number of ether oxygens (including phenoxy) is 6. The van der Waals surface area contributed by atoms with Gasteiger partial charge in [-0.1, -0.05) is 24.3 Å². The van der Waals surface area contributed by atoms with Gasteiger partial charge in [-0.05, 0) is 39.3 Å². The first-order chi connectivity index (χ1) is 40.6. The summed E-state index contributed by atoms with van der Waals surface area (Å²) in [6.45, 7) is 2.44. The van der Waals surface area contributed by atoms with Gasteiger partial charge < -0.3 is 95.3 Å². The monoisotopic (exact) mass is 1200 g/mol. The highest BCUT2D eigenvalue weighted by Gasteiger charge is 2.53. The average molecular weight is 1200 g/mol. The number of amides is 1. The van der Waals surface area contributed by atoms with Crippen LogP contribution in [0.25, 0.3) is 0 Å². The van der Waals surface area contributed by atoms with E-state index in [0.717, 1.165) is 0 Å². The lowest BCUT2D eigenvalue weighted by Gasteiger charge is -2.43. The van der Waals surface area contributed by atoms with E-state index in [1.807, 2.05) is 0 Å². The van der Waals surface area contributed by atoms with Crippen LogP contribution in [-0.2, 0) is 51.0 Å². The molecule has 26 nitrogen and oxygen atoms in total. The van der Waals surface area contributed by atoms with E-state index in [1.165, 1.54) is 64.5 Å². The van der Waals surface area contributed by atoms with Crippen molar-refractivity contribution in [3.05, 3.63) is 103 Å². The minimum atomic E-state index is -2.32. The number of carbonyl (C=O) groups excluding carboxylic acids is 8. The van der Waals surface area contributed by atoms with Crippen molar-refractivity contribution in [2.45, 2.75) is 151 Å². The summed E-state index contributed by atoms with van der Waals surface area (Å²) in [4.78, 5) is 104. The van der Waals surface area contributed by atoms with Crippen LogP contribution in [0.1, 0.15) is 164 Å². The molecule has 86 heavy (non-hydrogen) atoms. The molecule has 0 saturated carbocycles. The number of aliphatic hydroxyl groups excluding tert-OH is 4. The van der Waals surface area contributed by atoms with E-state index in [9.17, 15) is 89.4 Å². The highest BCUT2D eigenvalue weighted by atomic mass is 16.7. The molecular weight excluding hydrogens is 1130 g/mol. The molecule has 460 valence electrons. The van der Waals surface area contributed by atoms with Gasteiger partial charge in [-0.15, -0.1) is 0 Å². The third-order valence-electron chi connectivity index (χ3n) is 16.8. The predicted molar refractivity (Wildman–Crippen MR) is 292 cm³/mol. The van der Waals surface area contributed by atoms with Gasteiger partial charge in [-0.25, -0.2) is 0 Å². The molecular formula is C60H66N2O24. The molecule has 2 saturated heterocycles. The van der Waals surface area contributed by atoms with Crippen LogP contribution in [-0.4, -0.2) is 185 Å². The zero-order valence-corrected chi connectivity index (χ0v) is 47.3. The van der Waals surface area contributed by atoms with Crippen LogP contribution in [0.5, 0.6) is 34.5 Å². The summed E-state index contributed by atoms with van der Waals surface area (Å²) in [7, 11) is 2.63. The van der Waals surface area contributed by atoms with E-state index in [2.05, 4.69) is 5.32 Å². The summed E-state index contributed by atoms with van der Waals surface area (Å²) < 4.78 is 34.3. The maximum atomic E-state index is 13.8. The lowest BCUT2D eigenvalue weighted by atomic mass is 9.72. The maximum Gasteiger partial charge on any atom is 0.220 e. The molecule has 13 N–H and O–H groups in total. The summed E-state index contributed by atoms with van der Waals surface area (Å²) >= 11 is 0. The van der Waals surface area contributed by atoms with Crippen LogP contribution in [0.15, 0.2) is 36.4 Å². The van der Waals surface area contributed by atoms with E-state index in [0.29, 0.717) is 6.42 Å². The number of phenols is 4. The third-order valence-corrected chi connectivity index (χ3v) is 16.8. The number of benzene rings is 4. The van der Waals surface area contributed by atoms with Gasteiger partial charge in [0, 0.05) is 90.8 Å². The number of methoxy groups -OCH3 is 2. The first-order valence-electron chi connectivity index (χ1n) is 27.6. The molecule has 4 aromatic rings. The lowest BCUT2D eigenvalue weighted by Crippen LogP contribution is -2.55.